The highest BCUT2D eigenvalue weighted by molar-refractivity contribution is 5.83. The lowest BCUT2D eigenvalue weighted by atomic mass is 10.2. The molecule has 0 aliphatic rings. The minimum absolute atomic E-state index is 0.0836. The van der Waals surface area contributed by atoms with Crippen molar-refractivity contribution in [1.29, 1.82) is 0 Å². The minimum Gasteiger partial charge on any atom is -0.493 e. The first kappa shape index (κ1) is 26.3. The van der Waals surface area contributed by atoms with Crippen LogP contribution in [0.5, 0.6) is 5.75 Å². The molecule has 0 unspecified atom stereocenters. The quantitative estimate of drug-likeness (QED) is 0.206. The van der Waals surface area contributed by atoms with Gasteiger partial charge in [0.25, 0.3) is 5.95 Å². The molecule has 2 rings (SSSR count). The van der Waals surface area contributed by atoms with Gasteiger partial charge >= 0.3 is 0 Å². The second-order valence-corrected chi connectivity index (χ2v) is 7.44. The van der Waals surface area contributed by atoms with Crippen molar-refractivity contribution in [3.05, 3.63) is 78.5 Å². The number of rotatable bonds is 12. The lowest BCUT2D eigenvalue weighted by molar-refractivity contribution is 0.409. The van der Waals surface area contributed by atoms with E-state index in [2.05, 4.69) is 32.0 Å². The van der Waals surface area contributed by atoms with E-state index in [9.17, 15) is 5.11 Å². The van der Waals surface area contributed by atoms with E-state index in [1.165, 1.54) is 4.68 Å². The molecule has 0 aliphatic heterocycles. The third-order valence-electron chi connectivity index (χ3n) is 4.72. The van der Waals surface area contributed by atoms with E-state index in [0.717, 1.165) is 41.3 Å². The Hall–Kier alpha value is -3.94. The first-order chi connectivity index (χ1) is 16.4. The molecule has 2 aromatic heterocycles. The van der Waals surface area contributed by atoms with E-state index in [1.54, 1.807) is 30.6 Å². The molecule has 0 aliphatic carbocycles. The molecule has 0 spiro atoms. The zero-order valence-electron chi connectivity index (χ0n) is 20.6. The Kier molecular flexibility index (Phi) is 10.5. The van der Waals surface area contributed by atoms with Crippen LogP contribution in [0.1, 0.15) is 53.9 Å². The molecule has 0 atom stereocenters. The summed E-state index contributed by atoms with van der Waals surface area (Å²) in [6, 6.07) is 3.63. The fraction of sp³-hybridized carbons (Fsp3) is 0.308. The molecule has 180 valence electrons. The van der Waals surface area contributed by atoms with Gasteiger partial charge < -0.3 is 15.2 Å². The fourth-order valence-corrected chi connectivity index (χ4v) is 2.70. The van der Waals surface area contributed by atoms with Gasteiger partial charge in [-0.05, 0) is 56.5 Å². The summed E-state index contributed by atoms with van der Waals surface area (Å²) >= 11 is 0. The predicted octanol–water partition coefficient (Wildman–Crippen LogP) is 6.74. The number of ether oxygens (including phenoxy) is 1. The SMILES string of the molecule is C=C/C=C(C)/C=C(\O)n1nc(N/C(=C/C=C(\CC)Oc2ccncc2)CC)nc1/N=C(/C)CC. The Morgan fingerprint density at radius 1 is 1.12 bits per heavy atom. The van der Waals surface area contributed by atoms with Gasteiger partial charge in [-0.3, -0.25) is 4.98 Å². The van der Waals surface area contributed by atoms with E-state index in [-0.39, 0.29) is 5.88 Å². The highest BCUT2D eigenvalue weighted by atomic mass is 16.5. The Morgan fingerprint density at radius 3 is 2.47 bits per heavy atom. The van der Waals surface area contributed by atoms with Gasteiger partial charge in [-0.2, -0.15) is 9.67 Å². The maximum Gasteiger partial charge on any atom is 0.257 e. The molecular formula is C26H34N6O2. The highest BCUT2D eigenvalue weighted by Crippen LogP contribution is 2.20. The molecule has 0 amide bonds. The number of aliphatic imine (C=N–C) groups is 1. The number of nitrogens with zero attached hydrogens (tertiary/aromatic N) is 5. The summed E-state index contributed by atoms with van der Waals surface area (Å²) in [5.41, 5.74) is 2.58. The second kappa shape index (κ2) is 13.6. The molecule has 8 nitrogen and oxygen atoms in total. The smallest absolute Gasteiger partial charge is 0.257 e. The number of pyridine rings is 1. The Labute approximate surface area is 201 Å². The summed E-state index contributed by atoms with van der Waals surface area (Å²) in [5.74, 6) is 2.09. The molecular weight excluding hydrogens is 428 g/mol. The Morgan fingerprint density at radius 2 is 1.85 bits per heavy atom. The third-order valence-corrected chi connectivity index (χ3v) is 4.72. The number of aromatic nitrogens is 4. The lowest BCUT2D eigenvalue weighted by Gasteiger charge is -2.08. The number of aliphatic hydroxyl groups is 1. The van der Waals surface area contributed by atoms with Crippen LogP contribution < -0.4 is 10.1 Å². The van der Waals surface area contributed by atoms with Gasteiger partial charge in [0.15, 0.2) is 0 Å². The summed E-state index contributed by atoms with van der Waals surface area (Å²) < 4.78 is 7.23. The van der Waals surface area contributed by atoms with Crippen LogP contribution in [0.3, 0.4) is 0 Å². The number of nitrogens with one attached hydrogen (secondary N) is 1. The van der Waals surface area contributed by atoms with Gasteiger partial charge in [0.1, 0.15) is 11.5 Å². The van der Waals surface area contributed by atoms with E-state index in [4.69, 9.17) is 4.74 Å². The van der Waals surface area contributed by atoms with Crippen molar-refractivity contribution in [1.82, 2.24) is 19.7 Å². The summed E-state index contributed by atoms with van der Waals surface area (Å²) in [7, 11) is 0. The van der Waals surface area contributed by atoms with Crippen LogP contribution in [0, 0.1) is 0 Å². The molecule has 0 saturated heterocycles. The Bertz CT molecular complexity index is 1110. The van der Waals surface area contributed by atoms with E-state index < -0.39 is 0 Å². The first-order valence-electron chi connectivity index (χ1n) is 11.4. The van der Waals surface area contributed by atoms with Crippen LogP contribution in [0.15, 0.2) is 83.5 Å². The van der Waals surface area contributed by atoms with Crippen LogP contribution >= 0.6 is 0 Å². The van der Waals surface area contributed by atoms with E-state index in [1.807, 2.05) is 58.9 Å². The van der Waals surface area contributed by atoms with Crippen molar-refractivity contribution in [3.63, 3.8) is 0 Å². The van der Waals surface area contributed by atoms with Crippen LogP contribution in [0.25, 0.3) is 5.88 Å². The predicted molar refractivity (Wildman–Crippen MR) is 139 cm³/mol. The van der Waals surface area contributed by atoms with Gasteiger partial charge in [-0.25, -0.2) is 4.99 Å². The largest absolute Gasteiger partial charge is 0.493 e. The van der Waals surface area contributed by atoms with Crippen LogP contribution in [0.2, 0.25) is 0 Å². The average Bonchev–Trinajstić information content (AvgIpc) is 3.23. The van der Waals surface area contributed by atoms with Crippen molar-refractivity contribution in [3.8, 4) is 5.75 Å². The monoisotopic (exact) mass is 462 g/mol. The lowest BCUT2D eigenvalue weighted by Crippen LogP contribution is -2.03. The zero-order valence-corrected chi connectivity index (χ0v) is 20.6. The van der Waals surface area contributed by atoms with Crippen LogP contribution in [-0.4, -0.2) is 30.6 Å². The van der Waals surface area contributed by atoms with Crippen molar-refractivity contribution in [2.75, 3.05) is 5.32 Å². The van der Waals surface area contributed by atoms with Crippen LogP contribution in [0.4, 0.5) is 11.9 Å². The number of hydrogen-bond acceptors (Lipinski definition) is 7. The number of hydrogen-bond donors (Lipinski definition) is 2. The number of aliphatic hydroxyl groups excluding tert-OH is 1. The van der Waals surface area contributed by atoms with Gasteiger partial charge in [-0.1, -0.05) is 39.5 Å². The minimum atomic E-state index is -0.0836. The number of anilines is 1. The molecule has 2 N–H and O–H groups in total. The molecule has 2 heterocycles. The van der Waals surface area contributed by atoms with Gasteiger partial charge in [0, 0.05) is 36.3 Å². The molecule has 0 bridgehead atoms. The molecule has 0 saturated carbocycles. The third kappa shape index (κ3) is 8.20. The molecule has 2 aromatic rings. The summed E-state index contributed by atoms with van der Waals surface area (Å²) in [6.45, 7) is 13.5. The second-order valence-electron chi connectivity index (χ2n) is 7.44. The maximum atomic E-state index is 10.6. The normalized spacial score (nSPS) is 13.7. The molecule has 34 heavy (non-hydrogen) atoms. The van der Waals surface area contributed by atoms with Crippen molar-refractivity contribution in [2.24, 2.45) is 4.99 Å². The highest BCUT2D eigenvalue weighted by Gasteiger charge is 2.13. The first-order valence-corrected chi connectivity index (χ1v) is 11.4. The van der Waals surface area contributed by atoms with Gasteiger partial charge in [0.2, 0.25) is 11.8 Å². The van der Waals surface area contributed by atoms with Gasteiger partial charge in [-0.15, -0.1) is 5.10 Å². The fourth-order valence-electron chi connectivity index (χ4n) is 2.70. The van der Waals surface area contributed by atoms with E-state index in [0.29, 0.717) is 18.3 Å². The zero-order chi connectivity index (χ0) is 24.9. The van der Waals surface area contributed by atoms with E-state index >= 15 is 0 Å². The average molecular weight is 463 g/mol. The summed E-state index contributed by atoms with van der Waals surface area (Å²) in [4.78, 5) is 13.0. The topological polar surface area (TPSA) is 97.5 Å². The van der Waals surface area contributed by atoms with Crippen molar-refractivity contribution < 1.29 is 9.84 Å². The summed E-state index contributed by atoms with van der Waals surface area (Å²) in [5, 5.41) is 18.3. The standard InChI is InChI=1S/C26H34N6O2/c1-7-11-19(5)18-24(33)32-26(28-20(6)8-2)30-25(31-32)29-21(9-3)12-13-22(10-4)34-23-14-16-27-17-15-23/h7,11-18,33H,1,8-10H2,2-6H3,(H,29,31)/b19-11+,21-12+,22-13+,24-18-,28-20-. The summed E-state index contributed by atoms with van der Waals surface area (Å²) in [6.07, 6.45) is 14.5. The molecule has 0 aromatic carbocycles. The van der Waals surface area contributed by atoms with Crippen LogP contribution in [-0.2, 0) is 0 Å². The van der Waals surface area contributed by atoms with Crippen molar-refractivity contribution >= 4 is 23.5 Å². The molecule has 8 heteroatoms. The maximum absolute atomic E-state index is 10.6. The molecule has 0 radical (unpaired) electrons. The molecule has 0 fully saturated rings. The number of allylic oxidation sites excluding steroid dienone is 8. The Balaban J connectivity index is 2.34. The van der Waals surface area contributed by atoms with Crippen molar-refractivity contribution in [2.45, 2.75) is 53.9 Å². The van der Waals surface area contributed by atoms with Gasteiger partial charge in [0.05, 0.1) is 0 Å².